The topological polar surface area (TPSA) is 35.2 Å². The Morgan fingerprint density at radius 3 is 2.33 bits per heavy atom. The van der Waals surface area contributed by atoms with Crippen molar-refractivity contribution in [3.8, 4) is 0 Å². The second-order valence-corrected chi connectivity index (χ2v) is 4.44. The van der Waals surface area contributed by atoms with Crippen molar-refractivity contribution in [2.75, 3.05) is 7.11 Å². The number of rotatable bonds is 4. The molecule has 1 aliphatic carbocycles. The molecule has 0 aliphatic heterocycles. The summed E-state index contributed by atoms with van der Waals surface area (Å²) in [7, 11) is 1.79. The Balaban J connectivity index is 2.22. The van der Waals surface area contributed by atoms with E-state index in [0.717, 1.165) is 0 Å². The first-order valence-corrected chi connectivity index (χ1v) is 5.55. The Kier molecular flexibility index (Phi) is 2.81. The van der Waals surface area contributed by atoms with Crippen LogP contribution in [0.25, 0.3) is 0 Å². The molecule has 1 aromatic carbocycles. The fourth-order valence-corrected chi connectivity index (χ4v) is 2.26. The third-order valence-corrected chi connectivity index (χ3v) is 3.68. The van der Waals surface area contributed by atoms with Crippen molar-refractivity contribution in [3.63, 3.8) is 0 Å². The molecule has 2 heteroatoms. The Bertz CT molecular complexity index is 327. The van der Waals surface area contributed by atoms with Crippen molar-refractivity contribution < 1.29 is 4.74 Å². The molecule has 1 fully saturated rings. The first-order valence-electron chi connectivity index (χ1n) is 5.55. The highest BCUT2D eigenvalue weighted by Crippen LogP contribution is 2.51. The summed E-state index contributed by atoms with van der Waals surface area (Å²) >= 11 is 0. The van der Waals surface area contributed by atoms with E-state index in [2.05, 4.69) is 31.2 Å². The van der Waals surface area contributed by atoms with Gasteiger partial charge in [-0.15, -0.1) is 0 Å². The highest BCUT2D eigenvalue weighted by molar-refractivity contribution is 5.35. The van der Waals surface area contributed by atoms with Crippen LogP contribution >= 0.6 is 0 Å². The summed E-state index contributed by atoms with van der Waals surface area (Å²) in [6, 6.07) is 8.64. The molecule has 82 valence electrons. The fraction of sp³-hybridized carbons (Fsp3) is 0.538. The van der Waals surface area contributed by atoms with Crippen molar-refractivity contribution in [2.24, 2.45) is 5.73 Å². The molecule has 2 N–H and O–H groups in total. The van der Waals surface area contributed by atoms with Crippen LogP contribution in [-0.4, -0.2) is 13.2 Å². The lowest BCUT2D eigenvalue weighted by molar-refractivity contribution is 0.0850. The molecule has 0 bridgehead atoms. The quantitative estimate of drug-likeness (QED) is 0.818. The van der Waals surface area contributed by atoms with E-state index >= 15 is 0 Å². The Morgan fingerprint density at radius 1 is 1.33 bits per heavy atom. The monoisotopic (exact) mass is 205 g/mol. The molecule has 15 heavy (non-hydrogen) atoms. The molecule has 1 aliphatic rings. The van der Waals surface area contributed by atoms with Gasteiger partial charge in [-0.2, -0.15) is 0 Å². The van der Waals surface area contributed by atoms with E-state index in [4.69, 9.17) is 10.5 Å². The zero-order chi connectivity index (χ0) is 10.9. The van der Waals surface area contributed by atoms with Crippen molar-refractivity contribution in [1.82, 2.24) is 0 Å². The van der Waals surface area contributed by atoms with E-state index in [1.165, 1.54) is 24.0 Å². The number of benzene rings is 1. The molecular weight excluding hydrogens is 186 g/mol. The van der Waals surface area contributed by atoms with Crippen molar-refractivity contribution in [2.45, 2.75) is 37.8 Å². The summed E-state index contributed by atoms with van der Waals surface area (Å²) in [5, 5.41) is 0. The summed E-state index contributed by atoms with van der Waals surface area (Å²) in [6.45, 7) is 2.77. The van der Waals surface area contributed by atoms with Gasteiger partial charge in [0.25, 0.3) is 0 Å². The molecule has 1 unspecified atom stereocenters. The zero-order valence-corrected chi connectivity index (χ0v) is 9.49. The molecule has 1 atom stereocenters. The predicted molar refractivity (Wildman–Crippen MR) is 61.7 cm³/mol. The molecule has 1 aromatic rings. The minimum atomic E-state index is 0.280. The summed E-state index contributed by atoms with van der Waals surface area (Å²) in [5.74, 6) is 0. The van der Waals surface area contributed by atoms with Gasteiger partial charge >= 0.3 is 0 Å². The number of hydrogen-bond acceptors (Lipinski definition) is 2. The largest absolute Gasteiger partial charge is 0.381 e. The standard InChI is InChI=1S/C13H19NO/c1-10(15-2)13(7-8-13)12-5-3-11(9-14)4-6-12/h3-6,10H,7-9,14H2,1-2H3. The minimum absolute atomic E-state index is 0.280. The van der Waals surface area contributed by atoms with Crippen LogP contribution in [0.2, 0.25) is 0 Å². The SMILES string of the molecule is COC(C)C1(c2ccc(CN)cc2)CC1. The fourth-order valence-electron chi connectivity index (χ4n) is 2.26. The van der Waals surface area contributed by atoms with Crippen molar-refractivity contribution in [3.05, 3.63) is 35.4 Å². The minimum Gasteiger partial charge on any atom is -0.381 e. The van der Waals surface area contributed by atoms with E-state index < -0.39 is 0 Å². The molecule has 0 amide bonds. The highest BCUT2D eigenvalue weighted by Gasteiger charge is 2.49. The summed E-state index contributed by atoms with van der Waals surface area (Å²) in [6.07, 6.45) is 2.79. The normalized spacial score (nSPS) is 19.9. The van der Waals surface area contributed by atoms with Gasteiger partial charge in [0.1, 0.15) is 0 Å². The van der Waals surface area contributed by atoms with E-state index in [-0.39, 0.29) is 5.41 Å². The Hall–Kier alpha value is -0.860. The molecule has 0 radical (unpaired) electrons. The molecular formula is C13H19NO. The van der Waals surface area contributed by atoms with Crippen LogP contribution in [0, 0.1) is 0 Å². The average Bonchev–Trinajstić information content (AvgIpc) is 3.09. The lowest BCUT2D eigenvalue weighted by Gasteiger charge is -2.22. The molecule has 0 saturated heterocycles. The van der Waals surface area contributed by atoms with Crippen LogP contribution in [0.4, 0.5) is 0 Å². The van der Waals surface area contributed by atoms with Crippen molar-refractivity contribution in [1.29, 1.82) is 0 Å². The predicted octanol–water partition coefficient (Wildman–Crippen LogP) is 2.21. The van der Waals surface area contributed by atoms with Gasteiger partial charge in [0.05, 0.1) is 6.10 Å². The van der Waals surface area contributed by atoms with Gasteiger partial charge in [0, 0.05) is 19.1 Å². The number of methoxy groups -OCH3 is 1. The van der Waals surface area contributed by atoms with Gasteiger partial charge < -0.3 is 10.5 Å². The molecule has 2 rings (SSSR count). The zero-order valence-electron chi connectivity index (χ0n) is 9.49. The van der Waals surface area contributed by atoms with Gasteiger partial charge in [-0.05, 0) is 30.9 Å². The summed E-state index contributed by atoms with van der Waals surface area (Å²) < 4.78 is 5.46. The van der Waals surface area contributed by atoms with Crippen LogP contribution in [0.1, 0.15) is 30.9 Å². The van der Waals surface area contributed by atoms with Crippen LogP contribution in [0.5, 0.6) is 0 Å². The third-order valence-electron chi connectivity index (χ3n) is 3.68. The number of hydrogen-bond donors (Lipinski definition) is 1. The smallest absolute Gasteiger partial charge is 0.0639 e. The molecule has 0 spiro atoms. The van der Waals surface area contributed by atoms with E-state index in [0.29, 0.717) is 12.6 Å². The highest BCUT2D eigenvalue weighted by atomic mass is 16.5. The maximum atomic E-state index is 5.59. The number of nitrogens with two attached hydrogens (primary N) is 1. The second kappa shape index (κ2) is 3.95. The third kappa shape index (κ3) is 1.80. The Morgan fingerprint density at radius 2 is 1.93 bits per heavy atom. The maximum absolute atomic E-state index is 5.59. The van der Waals surface area contributed by atoms with E-state index in [9.17, 15) is 0 Å². The van der Waals surface area contributed by atoms with Gasteiger partial charge in [-0.1, -0.05) is 24.3 Å². The summed E-state index contributed by atoms with van der Waals surface area (Å²) in [4.78, 5) is 0. The van der Waals surface area contributed by atoms with E-state index in [1.807, 2.05) is 0 Å². The van der Waals surface area contributed by atoms with Gasteiger partial charge in [0.15, 0.2) is 0 Å². The molecule has 0 aromatic heterocycles. The first kappa shape index (κ1) is 10.7. The van der Waals surface area contributed by atoms with Crippen LogP contribution < -0.4 is 5.73 Å². The van der Waals surface area contributed by atoms with Gasteiger partial charge in [0.2, 0.25) is 0 Å². The lowest BCUT2D eigenvalue weighted by atomic mass is 9.90. The molecule has 2 nitrogen and oxygen atoms in total. The molecule has 0 heterocycles. The lowest BCUT2D eigenvalue weighted by Crippen LogP contribution is -2.24. The molecule has 1 saturated carbocycles. The summed E-state index contributed by atoms with van der Waals surface area (Å²) in [5.41, 5.74) is 8.46. The van der Waals surface area contributed by atoms with Crippen LogP contribution in [0.3, 0.4) is 0 Å². The van der Waals surface area contributed by atoms with E-state index in [1.54, 1.807) is 7.11 Å². The van der Waals surface area contributed by atoms with Crippen LogP contribution in [0.15, 0.2) is 24.3 Å². The first-order chi connectivity index (χ1) is 7.23. The number of ether oxygens (including phenoxy) is 1. The van der Waals surface area contributed by atoms with Crippen molar-refractivity contribution >= 4 is 0 Å². The van der Waals surface area contributed by atoms with Gasteiger partial charge in [-0.25, -0.2) is 0 Å². The second-order valence-electron chi connectivity index (χ2n) is 4.44. The van der Waals surface area contributed by atoms with Gasteiger partial charge in [-0.3, -0.25) is 0 Å². The maximum Gasteiger partial charge on any atom is 0.0639 e. The van der Waals surface area contributed by atoms with Crippen LogP contribution in [-0.2, 0) is 16.7 Å². The Labute approximate surface area is 91.4 Å². The average molecular weight is 205 g/mol.